The fourth-order valence-electron chi connectivity index (χ4n) is 1.69. The molecule has 2 nitrogen and oxygen atoms in total. The van der Waals surface area contributed by atoms with Crippen molar-refractivity contribution in [2.75, 3.05) is 0 Å². The number of hydrogen-bond acceptors (Lipinski definition) is 2. The van der Waals surface area contributed by atoms with Crippen molar-refractivity contribution in [2.45, 2.75) is 26.2 Å². The van der Waals surface area contributed by atoms with Crippen molar-refractivity contribution >= 4 is 11.6 Å². The molecule has 19 heavy (non-hydrogen) atoms. The summed E-state index contributed by atoms with van der Waals surface area (Å²) in [6.07, 6.45) is 2.43. The summed E-state index contributed by atoms with van der Waals surface area (Å²) in [5, 5.41) is 0.247. The van der Waals surface area contributed by atoms with Crippen molar-refractivity contribution in [3.8, 4) is 11.6 Å². The number of benzene rings is 1. The number of ether oxygens (including phenoxy) is 1. The molecule has 0 bridgehead atoms. The Morgan fingerprint density at radius 1 is 1.32 bits per heavy atom. The lowest BCUT2D eigenvalue weighted by Crippen LogP contribution is -1.94. The molecule has 1 aromatic carbocycles. The van der Waals surface area contributed by atoms with Crippen LogP contribution in [0.1, 0.15) is 31.7 Å². The maximum Gasteiger partial charge on any atom is 0.255 e. The largest absolute Gasteiger partial charge is 0.436 e. The van der Waals surface area contributed by atoms with E-state index >= 15 is 0 Å². The molecule has 0 saturated carbocycles. The van der Waals surface area contributed by atoms with Gasteiger partial charge in [0.05, 0.1) is 5.02 Å². The molecule has 0 radical (unpaired) electrons. The Kier molecular flexibility index (Phi) is 4.38. The van der Waals surface area contributed by atoms with Crippen molar-refractivity contribution in [1.82, 2.24) is 4.98 Å². The standard InChI is InChI=1S/C15H15ClFNO/c1-3-10(2)11-4-6-13(7-5-11)19-15-14(17)8-12(16)9-18-15/h4-10H,3H2,1-2H3. The van der Waals surface area contributed by atoms with Gasteiger partial charge in [-0.15, -0.1) is 0 Å². The molecule has 1 aromatic heterocycles. The van der Waals surface area contributed by atoms with Gasteiger partial charge in [-0.1, -0.05) is 37.6 Å². The van der Waals surface area contributed by atoms with Gasteiger partial charge in [-0.3, -0.25) is 0 Å². The predicted molar refractivity (Wildman–Crippen MR) is 74.4 cm³/mol. The third-order valence-corrected chi connectivity index (χ3v) is 3.26. The van der Waals surface area contributed by atoms with Crippen molar-refractivity contribution in [1.29, 1.82) is 0 Å². The zero-order valence-corrected chi connectivity index (χ0v) is 11.6. The normalized spacial score (nSPS) is 12.2. The second-order valence-corrected chi connectivity index (χ2v) is 4.86. The van der Waals surface area contributed by atoms with Gasteiger partial charge < -0.3 is 4.74 Å². The number of hydrogen-bond donors (Lipinski definition) is 0. The third-order valence-electron chi connectivity index (χ3n) is 3.05. The van der Waals surface area contributed by atoms with Gasteiger partial charge in [0.2, 0.25) is 0 Å². The van der Waals surface area contributed by atoms with Gasteiger partial charge in [-0.25, -0.2) is 9.37 Å². The van der Waals surface area contributed by atoms with E-state index in [1.54, 1.807) is 0 Å². The van der Waals surface area contributed by atoms with E-state index in [0.717, 1.165) is 6.42 Å². The highest BCUT2D eigenvalue weighted by Crippen LogP contribution is 2.26. The Morgan fingerprint density at radius 2 is 2.00 bits per heavy atom. The highest BCUT2D eigenvalue weighted by atomic mass is 35.5. The lowest BCUT2D eigenvalue weighted by Gasteiger charge is -2.10. The lowest BCUT2D eigenvalue weighted by atomic mass is 9.99. The van der Waals surface area contributed by atoms with E-state index in [4.69, 9.17) is 16.3 Å². The van der Waals surface area contributed by atoms with Gasteiger partial charge in [-0.05, 0) is 36.1 Å². The Hall–Kier alpha value is -1.61. The van der Waals surface area contributed by atoms with Gasteiger partial charge in [0.25, 0.3) is 5.88 Å². The van der Waals surface area contributed by atoms with Crippen LogP contribution in [0.25, 0.3) is 0 Å². The topological polar surface area (TPSA) is 22.1 Å². The third kappa shape index (κ3) is 3.44. The van der Waals surface area contributed by atoms with Crippen LogP contribution in [-0.2, 0) is 0 Å². The Balaban J connectivity index is 2.15. The minimum atomic E-state index is -0.571. The van der Waals surface area contributed by atoms with Crippen LogP contribution >= 0.6 is 11.6 Å². The minimum absolute atomic E-state index is 0.0688. The van der Waals surface area contributed by atoms with Crippen LogP contribution in [0.4, 0.5) is 4.39 Å². The van der Waals surface area contributed by atoms with Crippen LogP contribution in [0.5, 0.6) is 11.6 Å². The van der Waals surface area contributed by atoms with Crippen LogP contribution in [-0.4, -0.2) is 4.98 Å². The molecule has 100 valence electrons. The van der Waals surface area contributed by atoms with Gasteiger partial charge >= 0.3 is 0 Å². The summed E-state index contributed by atoms with van der Waals surface area (Å²) in [4.78, 5) is 3.82. The fraction of sp³-hybridized carbons (Fsp3) is 0.267. The molecular weight excluding hydrogens is 265 g/mol. The van der Waals surface area contributed by atoms with E-state index in [2.05, 4.69) is 18.8 Å². The number of aromatic nitrogens is 1. The molecule has 0 fully saturated rings. The van der Waals surface area contributed by atoms with E-state index in [1.807, 2.05) is 24.3 Å². The summed E-state index contributed by atoms with van der Waals surface area (Å²) in [6, 6.07) is 8.78. The quantitative estimate of drug-likeness (QED) is 0.769. The molecule has 2 aromatic rings. The second kappa shape index (κ2) is 6.02. The molecule has 0 aliphatic heterocycles. The average molecular weight is 280 g/mol. The predicted octanol–water partition coefficient (Wildman–Crippen LogP) is 5.18. The van der Waals surface area contributed by atoms with E-state index in [9.17, 15) is 4.39 Å². The molecule has 0 spiro atoms. The summed E-state index contributed by atoms with van der Waals surface area (Å²) >= 11 is 5.63. The molecule has 1 unspecified atom stereocenters. The van der Waals surface area contributed by atoms with E-state index in [1.165, 1.54) is 17.8 Å². The van der Waals surface area contributed by atoms with E-state index in [-0.39, 0.29) is 10.9 Å². The van der Waals surface area contributed by atoms with Crippen LogP contribution in [0, 0.1) is 5.82 Å². The molecule has 1 heterocycles. The number of nitrogens with zero attached hydrogens (tertiary/aromatic N) is 1. The van der Waals surface area contributed by atoms with Crippen molar-refractivity contribution < 1.29 is 9.13 Å². The fourth-order valence-corrected chi connectivity index (χ4v) is 1.83. The Bertz CT molecular complexity index is 557. The summed E-state index contributed by atoms with van der Waals surface area (Å²) in [6.45, 7) is 4.30. The number of pyridine rings is 1. The van der Waals surface area contributed by atoms with Crippen LogP contribution in [0.2, 0.25) is 5.02 Å². The maximum absolute atomic E-state index is 13.5. The van der Waals surface area contributed by atoms with Crippen LogP contribution in [0.15, 0.2) is 36.5 Å². The first kappa shape index (κ1) is 13.8. The van der Waals surface area contributed by atoms with Gasteiger partial charge in [0.1, 0.15) is 5.75 Å². The van der Waals surface area contributed by atoms with Crippen LogP contribution < -0.4 is 4.74 Å². The second-order valence-electron chi connectivity index (χ2n) is 4.42. The molecule has 0 amide bonds. The SMILES string of the molecule is CCC(C)c1ccc(Oc2ncc(Cl)cc2F)cc1. The number of rotatable bonds is 4. The molecule has 4 heteroatoms. The van der Waals surface area contributed by atoms with Crippen molar-refractivity contribution in [3.05, 3.63) is 52.9 Å². The highest BCUT2D eigenvalue weighted by Gasteiger charge is 2.08. The Morgan fingerprint density at radius 3 is 2.58 bits per heavy atom. The van der Waals surface area contributed by atoms with E-state index in [0.29, 0.717) is 11.7 Å². The summed E-state index contributed by atoms with van der Waals surface area (Å²) in [7, 11) is 0. The molecule has 0 saturated heterocycles. The van der Waals surface area contributed by atoms with Crippen molar-refractivity contribution in [3.63, 3.8) is 0 Å². The first-order valence-corrected chi connectivity index (χ1v) is 6.56. The molecule has 1 atom stereocenters. The minimum Gasteiger partial charge on any atom is -0.436 e. The zero-order valence-electron chi connectivity index (χ0n) is 10.9. The van der Waals surface area contributed by atoms with Crippen LogP contribution in [0.3, 0.4) is 0 Å². The summed E-state index contributed by atoms with van der Waals surface area (Å²) < 4.78 is 18.9. The molecule has 0 aliphatic carbocycles. The average Bonchev–Trinajstić information content (AvgIpc) is 2.42. The first-order valence-electron chi connectivity index (χ1n) is 6.19. The van der Waals surface area contributed by atoms with Gasteiger partial charge in [0.15, 0.2) is 5.82 Å². The van der Waals surface area contributed by atoms with E-state index < -0.39 is 5.82 Å². The highest BCUT2D eigenvalue weighted by molar-refractivity contribution is 6.30. The molecule has 0 aliphatic rings. The molecule has 2 rings (SSSR count). The smallest absolute Gasteiger partial charge is 0.255 e. The first-order chi connectivity index (χ1) is 9.10. The lowest BCUT2D eigenvalue weighted by molar-refractivity contribution is 0.422. The molecule has 0 N–H and O–H groups in total. The van der Waals surface area contributed by atoms with Crippen molar-refractivity contribution in [2.24, 2.45) is 0 Å². The Labute approximate surface area is 117 Å². The molecular formula is C15H15ClFNO. The zero-order chi connectivity index (χ0) is 13.8. The summed E-state index contributed by atoms with van der Waals surface area (Å²) in [5.74, 6) is 0.416. The van der Waals surface area contributed by atoms with Gasteiger partial charge in [0, 0.05) is 6.20 Å². The maximum atomic E-state index is 13.5. The summed E-state index contributed by atoms with van der Waals surface area (Å²) in [5.41, 5.74) is 1.24. The van der Waals surface area contributed by atoms with Gasteiger partial charge in [-0.2, -0.15) is 0 Å². The monoisotopic (exact) mass is 279 g/mol. The number of halogens is 2.